The highest BCUT2D eigenvalue weighted by Crippen LogP contribution is 2.28. The van der Waals surface area contributed by atoms with E-state index >= 15 is 0 Å². The number of piperidine rings is 1. The van der Waals surface area contributed by atoms with E-state index in [0.29, 0.717) is 11.5 Å². The molecule has 5 heteroatoms. The molecule has 0 spiro atoms. The number of hydrogen-bond acceptors (Lipinski definition) is 4. The summed E-state index contributed by atoms with van der Waals surface area (Å²) >= 11 is 0. The molecule has 0 aromatic heterocycles. The molecule has 160 valence electrons. The van der Waals surface area contributed by atoms with Crippen LogP contribution in [-0.2, 0) is 11.3 Å². The second-order valence-corrected chi connectivity index (χ2v) is 7.74. The van der Waals surface area contributed by atoms with Crippen LogP contribution in [0.15, 0.2) is 48.5 Å². The van der Waals surface area contributed by atoms with E-state index < -0.39 is 0 Å². The molecule has 1 N–H and O–H groups in total. The fourth-order valence-electron chi connectivity index (χ4n) is 3.78. The van der Waals surface area contributed by atoms with Gasteiger partial charge in [0.05, 0.1) is 7.11 Å². The van der Waals surface area contributed by atoms with Crippen molar-refractivity contribution in [3.05, 3.63) is 65.2 Å². The summed E-state index contributed by atoms with van der Waals surface area (Å²) < 4.78 is 11.1. The zero-order valence-electron chi connectivity index (χ0n) is 18.2. The quantitative estimate of drug-likeness (QED) is 0.711. The Morgan fingerprint density at radius 2 is 1.93 bits per heavy atom. The molecule has 0 bridgehead atoms. The molecule has 0 aliphatic carbocycles. The van der Waals surface area contributed by atoms with Crippen molar-refractivity contribution in [1.29, 1.82) is 0 Å². The average Bonchev–Trinajstić information content (AvgIpc) is 2.76. The SMILES string of the molecule is C/C=C/c1ccc(OCC(=O)NC2CCN(Cc3ccccc3C)CC2)c(OC)c1. The Hall–Kier alpha value is -2.79. The first-order valence-corrected chi connectivity index (χ1v) is 10.6. The molecule has 3 rings (SSSR count). The van der Waals surface area contributed by atoms with E-state index in [1.165, 1.54) is 11.1 Å². The van der Waals surface area contributed by atoms with Crippen LogP contribution in [0.4, 0.5) is 0 Å². The molecular weight excluding hydrogens is 376 g/mol. The molecule has 30 heavy (non-hydrogen) atoms. The number of likely N-dealkylation sites (tertiary alicyclic amines) is 1. The van der Waals surface area contributed by atoms with E-state index in [1.54, 1.807) is 7.11 Å². The van der Waals surface area contributed by atoms with Gasteiger partial charge in [-0.25, -0.2) is 0 Å². The zero-order valence-corrected chi connectivity index (χ0v) is 18.2. The summed E-state index contributed by atoms with van der Waals surface area (Å²) in [6.45, 7) is 7.06. The minimum Gasteiger partial charge on any atom is -0.493 e. The summed E-state index contributed by atoms with van der Waals surface area (Å²) in [5, 5.41) is 3.11. The van der Waals surface area contributed by atoms with E-state index in [2.05, 4.69) is 41.4 Å². The molecule has 5 nitrogen and oxygen atoms in total. The molecule has 1 aliphatic rings. The van der Waals surface area contributed by atoms with Crippen LogP contribution in [0.1, 0.15) is 36.5 Å². The normalized spacial score (nSPS) is 15.3. The van der Waals surface area contributed by atoms with Gasteiger partial charge in [0.1, 0.15) is 0 Å². The fraction of sp³-hybridized carbons (Fsp3) is 0.400. The monoisotopic (exact) mass is 408 g/mol. The molecule has 1 fully saturated rings. The van der Waals surface area contributed by atoms with E-state index in [9.17, 15) is 4.79 Å². The first-order chi connectivity index (χ1) is 14.6. The number of carbonyl (C=O) groups excluding carboxylic acids is 1. The van der Waals surface area contributed by atoms with E-state index in [1.807, 2.05) is 37.3 Å². The van der Waals surface area contributed by atoms with Gasteiger partial charge in [0.2, 0.25) is 0 Å². The lowest BCUT2D eigenvalue weighted by atomic mass is 10.0. The van der Waals surface area contributed by atoms with Crippen LogP contribution in [0.25, 0.3) is 6.08 Å². The third-order valence-corrected chi connectivity index (χ3v) is 5.51. The van der Waals surface area contributed by atoms with Gasteiger partial charge in [-0.05, 0) is 55.5 Å². The highest BCUT2D eigenvalue weighted by molar-refractivity contribution is 5.78. The van der Waals surface area contributed by atoms with Gasteiger partial charge in [-0.3, -0.25) is 9.69 Å². The second kappa shape index (κ2) is 10.8. The molecule has 2 aromatic carbocycles. The number of aryl methyl sites for hydroxylation is 1. The van der Waals surface area contributed by atoms with E-state index in [0.717, 1.165) is 38.0 Å². The Morgan fingerprint density at radius 1 is 1.17 bits per heavy atom. The van der Waals surface area contributed by atoms with Crippen LogP contribution in [-0.4, -0.2) is 43.7 Å². The van der Waals surface area contributed by atoms with Crippen LogP contribution in [0, 0.1) is 6.92 Å². The summed E-state index contributed by atoms with van der Waals surface area (Å²) in [4.78, 5) is 14.8. The number of nitrogens with zero attached hydrogens (tertiary/aromatic N) is 1. The van der Waals surface area contributed by atoms with Crippen LogP contribution < -0.4 is 14.8 Å². The van der Waals surface area contributed by atoms with Crippen molar-refractivity contribution < 1.29 is 14.3 Å². The largest absolute Gasteiger partial charge is 0.493 e. The number of allylic oxidation sites excluding steroid dienone is 1. The molecule has 2 aromatic rings. The molecule has 1 amide bonds. The van der Waals surface area contributed by atoms with Crippen molar-refractivity contribution in [2.24, 2.45) is 0 Å². The fourth-order valence-corrected chi connectivity index (χ4v) is 3.78. The third kappa shape index (κ3) is 6.10. The van der Waals surface area contributed by atoms with E-state index in [4.69, 9.17) is 9.47 Å². The molecule has 0 unspecified atom stereocenters. The zero-order chi connectivity index (χ0) is 21.3. The first-order valence-electron chi connectivity index (χ1n) is 10.6. The number of ether oxygens (including phenoxy) is 2. The van der Waals surface area contributed by atoms with Gasteiger partial charge in [0.15, 0.2) is 18.1 Å². The molecule has 0 atom stereocenters. The van der Waals surface area contributed by atoms with Gasteiger partial charge in [0.25, 0.3) is 5.91 Å². The van der Waals surface area contributed by atoms with Crippen molar-refractivity contribution in [3.8, 4) is 11.5 Å². The highest BCUT2D eigenvalue weighted by Gasteiger charge is 2.21. The Kier molecular flexibility index (Phi) is 7.91. The number of hydrogen-bond donors (Lipinski definition) is 1. The standard InChI is InChI=1S/C25H32N2O3/c1-4-7-20-10-11-23(24(16-20)29-3)30-18-25(28)26-22-12-14-27(15-13-22)17-21-9-6-5-8-19(21)2/h4-11,16,22H,12-15,17-18H2,1-3H3,(H,26,28)/b7-4+. The van der Waals surface area contributed by atoms with Crippen molar-refractivity contribution in [2.75, 3.05) is 26.8 Å². The number of carbonyl (C=O) groups is 1. The summed E-state index contributed by atoms with van der Waals surface area (Å²) in [6.07, 6.45) is 5.87. The molecule has 0 saturated carbocycles. The molecule has 0 radical (unpaired) electrons. The summed E-state index contributed by atoms with van der Waals surface area (Å²) in [5.74, 6) is 1.11. The number of methoxy groups -OCH3 is 1. The lowest BCUT2D eigenvalue weighted by molar-refractivity contribution is -0.124. The van der Waals surface area contributed by atoms with Gasteiger partial charge in [-0.2, -0.15) is 0 Å². The molecule has 1 saturated heterocycles. The predicted molar refractivity (Wildman–Crippen MR) is 121 cm³/mol. The van der Waals surface area contributed by atoms with Gasteiger partial charge >= 0.3 is 0 Å². The highest BCUT2D eigenvalue weighted by atomic mass is 16.5. The first kappa shape index (κ1) is 21.9. The maximum Gasteiger partial charge on any atom is 0.258 e. The number of benzene rings is 2. The van der Waals surface area contributed by atoms with Crippen LogP contribution in [0.5, 0.6) is 11.5 Å². The topological polar surface area (TPSA) is 50.8 Å². The smallest absolute Gasteiger partial charge is 0.258 e. The van der Waals surface area contributed by atoms with Gasteiger partial charge in [0, 0.05) is 25.7 Å². The van der Waals surface area contributed by atoms with Crippen molar-refractivity contribution >= 4 is 12.0 Å². The maximum atomic E-state index is 12.4. The van der Waals surface area contributed by atoms with Crippen molar-refractivity contribution in [3.63, 3.8) is 0 Å². The second-order valence-electron chi connectivity index (χ2n) is 7.74. The Labute approximate surface area is 179 Å². The lowest BCUT2D eigenvalue weighted by Crippen LogP contribution is -2.45. The Morgan fingerprint density at radius 3 is 2.63 bits per heavy atom. The van der Waals surface area contributed by atoms with Crippen molar-refractivity contribution in [1.82, 2.24) is 10.2 Å². The summed E-state index contributed by atoms with van der Waals surface area (Å²) in [7, 11) is 1.60. The van der Waals surface area contributed by atoms with Crippen LogP contribution in [0.2, 0.25) is 0 Å². The minimum absolute atomic E-state index is 0.0112. The van der Waals surface area contributed by atoms with Crippen LogP contribution >= 0.6 is 0 Å². The van der Waals surface area contributed by atoms with E-state index in [-0.39, 0.29) is 18.6 Å². The minimum atomic E-state index is -0.0908. The Bertz CT molecular complexity index is 870. The maximum absolute atomic E-state index is 12.4. The molecule has 1 aliphatic heterocycles. The summed E-state index contributed by atoms with van der Waals surface area (Å²) in [6, 6.07) is 14.4. The molecule has 1 heterocycles. The Balaban J connectivity index is 1.43. The third-order valence-electron chi connectivity index (χ3n) is 5.51. The predicted octanol–water partition coefficient (Wildman–Crippen LogP) is 4.20. The van der Waals surface area contributed by atoms with Gasteiger partial charge < -0.3 is 14.8 Å². The number of amides is 1. The van der Waals surface area contributed by atoms with Gasteiger partial charge in [-0.1, -0.05) is 42.5 Å². The number of nitrogens with one attached hydrogen (secondary N) is 1. The van der Waals surface area contributed by atoms with Crippen LogP contribution in [0.3, 0.4) is 0 Å². The molecular formula is C25H32N2O3. The average molecular weight is 409 g/mol. The van der Waals surface area contributed by atoms with Gasteiger partial charge in [-0.15, -0.1) is 0 Å². The lowest BCUT2D eigenvalue weighted by Gasteiger charge is -2.32. The van der Waals surface area contributed by atoms with Crippen molar-refractivity contribution in [2.45, 2.75) is 39.3 Å². The summed E-state index contributed by atoms with van der Waals surface area (Å²) in [5.41, 5.74) is 3.74. The number of rotatable bonds is 8.